The fourth-order valence-electron chi connectivity index (χ4n) is 3.61. The van der Waals surface area contributed by atoms with Crippen molar-refractivity contribution in [2.75, 3.05) is 26.1 Å². The van der Waals surface area contributed by atoms with E-state index in [-0.39, 0.29) is 33.2 Å². The molecule has 3 rings (SSSR count). The van der Waals surface area contributed by atoms with Crippen LogP contribution in [-0.4, -0.2) is 53.1 Å². The van der Waals surface area contributed by atoms with Gasteiger partial charge < -0.3 is 19.5 Å². The molecule has 0 saturated carbocycles. The molecule has 3 aromatic carbocycles. The third-order valence-electron chi connectivity index (χ3n) is 5.45. The van der Waals surface area contributed by atoms with Gasteiger partial charge in [-0.2, -0.15) is 4.72 Å². The molecule has 39 heavy (non-hydrogen) atoms. The first-order valence-corrected chi connectivity index (χ1v) is 13.5. The van der Waals surface area contributed by atoms with Crippen molar-refractivity contribution in [2.24, 2.45) is 0 Å². The Balaban J connectivity index is 1.95. The third-order valence-corrected chi connectivity index (χ3v) is 7.22. The van der Waals surface area contributed by atoms with Crippen molar-refractivity contribution in [3.8, 4) is 5.75 Å². The summed E-state index contributed by atoms with van der Waals surface area (Å²) < 4.78 is 43.8. The van der Waals surface area contributed by atoms with Gasteiger partial charge in [0.05, 0.1) is 41.9 Å². The highest BCUT2D eigenvalue weighted by Gasteiger charge is 2.27. The van der Waals surface area contributed by atoms with Crippen LogP contribution in [0, 0.1) is 0 Å². The SMILES string of the molecule is CCOc1ccc(S(=O)(=O)N[C@H](Cc2ccccc2)C(=O)Nc2cc(C(=O)OC)cc(C(=O)OC)c2)cc1Cl. The van der Waals surface area contributed by atoms with Crippen LogP contribution in [0.3, 0.4) is 0 Å². The molecule has 1 amide bonds. The number of anilines is 1. The first kappa shape index (κ1) is 29.6. The summed E-state index contributed by atoms with van der Waals surface area (Å²) in [5.41, 5.74) is 0.716. The summed E-state index contributed by atoms with van der Waals surface area (Å²) in [5, 5.41) is 2.68. The van der Waals surface area contributed by atoms with E-state index in [0.29, 0.717) is 17.9 Å². The number of hydrogen-bond acceptors (Lipinski definition) is 8. The van der Waals surface area contributed by atoms with E-state index < -0.39 is 33.9 Å². The predicted molar refractivity (Wildman–Crippen MR) is 145 cm³/mol. The molecule has 1 atom stereocenters. The molecule has 12 heteroatoms. The van der Waals surface area contributed by atoms with Gasteiger partial charge in [0.2, 0.25) is 15.9 Å². The van der Waals surface area contributed by atoms with E-state index in [0.717, 1.165) is 0 Å². The number of methoxy groups -OCH3 is 2. The van der Waals surface area contributed by atoms with Gasteiger partial charge in [-0.15, -0.1) is 0 Å². The fraction of sp³-hybridized carbons (Fsp3) is 0.222. The lowest BCUT2D eigenvalue weighted by atomic mass is 10.1. The fourth-order valence-corrected chi connectivity index (χ4v) is 5.14. The number of nitrogens with one attached hydrogen (secondary N) is 2. The number of carbonyl (C=O) groups excluding carboxylic acids is 3. The van der Waals surface area contributed by atoms with Crippen LogP contribution in [0.2, 0.25) is 5.02 Å². The van der Waals surface area contributed by atoms with Crippen molar-refractivity contribution in [3.63, 3.8) is 0 Å². The molecule has 0 fully saturated rings. The second-order valence-electron chi connectivity index (χ2n) is 8.16. The largest absolute Gasteiger partial charge is 0.492 e. The van der Waals surface area contributed by atoms with Gasteiger partial charge in [0.1, 0.15) is 11.8 Å². The van der Waals surface area contributed by atoms with Crippen LogP contribution < -0.4 is 14.8 Å². The van der Waals surface area contributed by atoms with Crippen molar-refractivity contribution in [2.45, 2.75) is 24.3 Å². The van der Waals surface area contributed by atoms with Gasteiger partial charge in [0, 0.05) is 5.69 Å². The quantitative estimate of drug-likeness (QED) is 0.330. The van der Waals surface area contributed by atoms with E-state index in [9.17, 15) is 22.8 Å². The molecular formula is C27H27ClN2O8S. The lowest BCUT2D eigenvalue weighted by molar-refractivity contribution is -0.117. The van der Waals surface area contributed by atoms with Crippen LogP contribution in [0.1, 0.15) is 33.2 Å². The molecule has 0 bridgehead atoms. The maximum atomic E-state index is 13.4. The molecule has 0 unspecified atom stereocenters. The smallest absolute Gasteiger partial charge is 0.337 e. The van der Waals surface area contributed by atoms with Crippen LogP contribution in [0.15, 0.2) is 71.6 Å². The van der Waals surface area contributed by atoms with Crippen molar-refractivity contribution >= 4 is 45.2 Å². The second kappa shape index (κ2) is 13.2. The Bertz CT molecular complexity index is 1430. The summed E-state index contributed by atoms with van der Waals surface area (Å²) in [6.07, 6.45) is -0.00276. The molecule has 0 saturated heterocycles. The van der Waals surface area contributed by atoms with Crippen molar-refractivity contribution < 1.29 is 37.0 Å². The third kappa shape index (κ3) is 7.79. The Morgan fingerprint density at radius 3 is 2.05 bits per heavy atom. The van der Waals surface area contributed by atoms with E-state index in [1.54, 1.807) is 37.3 Å². The van der Waals surface area contributed by atoms with E-state index in [1.807, 2.05) is 0 Å². The first-order chi connectivity index (χ1) is 18.6. The molecule has 0 aliphatic rings. The molecule has 0 spiro atoms. The van der Waals surface area contributed by atoms with E-state index in [4.69, 9.17) is 25.8 Å². The van der Waals surface area contributed by atoms with Gasteiger partial charge >= 0.3 is 11.9 Å². The highest BCUT2D eigenvalue weighted by Crippen LogP contribution is 2.27. The van der Waals surface area contributed by atoms with Crippen molar-refractivity contribution in [1.29, 1.82) is 0 Å². The minimum absolute atomic E-state index is 0.00276. The maximum Gasteiger partial charge on any atom is 0.337 e. The summed E-state index contributed by atoms with van der Waals surface area (Å²) in [6, 6.07) is 15.3. The zero-order valence-electron chi connectivity index (χ0n) is 21.4. The van der Waals surface area contributed by atoms with E-state index in [2.05, 4.69) is 10.0 Å². The lowest BCUT2D eigenvalue weighted by Gasteiger charge is -2.20. The Labute approximate surface area is 231 Å². The maximum absolute atomic E-state index is 13.4. The number of halogens is 1. The number of sulfonamides is 1. The number of carbonyl (C=O) groups is 3. The van der Waals surface area contributed by atoms with Gasteiger partial charge in [-0.3, -0.25) is 4.79 Å². The summed E-state index contributed by atoms with van der Waals surface area (Å²) in [7, 11) is -1.88. The number of benzene rings is 3. The zero-order valence-corrected chi connectivity index (χ0v) is 23.0. The average molecular weight is 575 g/mol. The number of ether oxygens (including phenoxy) is 3. The van der Waals surface area contributed by atoms with E-state index >= 15 is 0 Å². The van der Waals surface area contributed by atoms with Crippen LogP contribution >= 0.6 is 11.6 Å². The summed E-state index contributed by atoms with van der Waals surface area (Å²) >= 11 is 6.18. The van der Waals surface area contributed by atoms with Gasteiger partial charge in [-0.1, -0.05) is 41.9 Å². The highest BCUT2D eigenvalue weighted by molar-refractivity contribution is 7.89. The Morgan fingerprint density at radius 1 is 0.897 bits per heavy atom. The van der Waals surface area contributed by atoms with Crippen LogP contribution in [0.5, 0.6) is 5.75 Å². The van der Waals surface area contributed by atoms with Gasteiger partial charge in [0.25, 0.3) is 0 Å². The van der Waals surface area contributed by atoms with E-state index in [1.165, 1.54) is 50.6 Å². The lowest BCUT2D eigenvalue weighted by Crippen LogP contribution is -2.45. The summed E-state index contributed by atoms with van der Waals surface area (Å²) in [4.78, 5) is 37.5. The minimum Gasteiger partial charge on any atom is -0.492 e. The van der Waals surface area contributed by atoms with Gasteiger partial charge in [-0.05, 0) is 55.3 Å². The monoisotopic (exact) mass is 574 g/mol. The zero-order chi connectivity index (χ0) is 28.6. The normalized spacial score (nSPS) is 11.8. The first-order valence-electron chi connectivity index (χ1n) is 11.7. The van der Waals surface area contributed by atoms with Gasteiger partial charge in [0.15, 0.2) is 0 Å². The number of amides is 1. The molecule has 10 nitrogen and oxygen atoms in total. The number of hydrogen-bond donors (Lipinski definition) is 2. The summed E-state index contributed by atoms with van der Waals surface area (Å²) in [5.74, 6) is -1.91. The van der Waals surface area contributed by atoms with Crippen molar-refractivity contribution in [3.05, 3.63) is 88.4 Å². The molecule has 0 heterocycles. The second-order valence-corrected chi connectivity index (χ2v) is 10.3. The molecule has 206 valence electrons. The standard InChI is InChI=1S/C27H27ClN2O8S/c1-4-38-24-11-10-21(16-22(24)28)39(34,35)30-23(12-17-8-6-5-7-9-17)25(31)29-20-14-18(26(32)36-2)13-19(15-20)27(33)37-3/h5-11,13-16,23,30H,4,12H2,1-3H3,(H,29,31)/t23-/m1/s1. The average Bonchev–Trinajstić information content (AvgIpc) is 2.93. The number of esters is 2. The van der Waals surface area contributed by atoms with Crippen molar-refractivity contribution in [1.82, 2.24) is 4.72 Å². The Hall–Kier alpha value is -3.93. The molecule has 0 radical (unpaired) electrons. The van der Waals surface area contributed by atoms with Crippen LogP contribution in [-0.2, 0) is 30.7 Å². The highest BCUT2D eigenvalue weighted by atomic mass is 35.5. The topological polar surface area (TPSA) is 137 Å². The van der Waals surface area contributed by atoms with Crippen LogP contribution in [0.4, 0.5) is 5.69 Å². The van der Waals surface area contributed by atoms with Gasteiger partial charge in [-0.25, -0.2) is 18.0 Å². The molecule has 0 aliphatic carbocycles. The Morgan fingerprint density at radius 2 is 1.51 bits per heavy atom. The molecular weight excluding hydrogens is 548 g/mol. The molecule has 0 aliphatic heterocycles. The van der Waals surface area contributed by atoms with Crippen LogP contribution in [0.25, 0.3) is 0 Å². The molecule has 0 aromatic heterocycles. The summed E-state index contributed by atoms with van der Waals surface area (Å²) in [6.45, 7) is 2.11. The predicted octanol–water partition coefficient (Wildman–Crippen LogP) is 3.84. The molecule has 2 N–H and O–H groups in total. The Kier molecular flexibility index (Phi) is 10.0. The minimum atomic E-state index is -4.22. The number of rotatable bonds is 11. The molecule has 3 aromatic rings.